The molecule has 0 aliphatic rings. The van der Waals surface area contributed by atoms with E-state index in [1.807, 2.05) is 30.3 Å². The summed E-state index contributed by atoms with van der Waals surface area (Å²) in [5, 5.41) is 4.16. The molecule has 0 aliphatic heterocycles. The third-order valence-electron chi connectivity index (χ3n) is 3.41. The summed E-state index contributed by atoms with van der Waals surface area (Å²) in [5.74, 6) is -0.730. The Kier molecular flexibility index (Phi) is 4.32. The van der Waals surface area contributed by atoms with Crippen molar-refractivity contribution in [3.05, 3.63) is 69.6 Å². The normalized spacial score (nSPS) is 10.7. The van der Waals surface area contributed by atoms with Gasteiger partial charge in [0.2, 0.25) is 5.91 Å². The highest BCUT2D eigenvalue weighted by Crippen LogP contribution is 2.34. The summed E-state index contributed by atoms with van der Waals surface area (Å²) in [5.41, 5.74) is 6.46. The molecule has 23 heavy (non-hydrogen) atoms. The van der Waals surface area contributed by atoms with Crippen LogP contribution in [0, 0.1) is 0 Å². The highest BCUT2D eigenvalue weighted by atomic mass is 35.5. The van der Waals surface area contributed by atoms with Crippen LogP contribution in [-0.2, 0) is 6.54 Å². The van der Waals surface area contributed by atoms with Crippen LogP contribution < -0.4 is 11.1 Å². The maximum absolute atomic E-state index is 12.4. The molecule has 0 fully saturated rings. The number of primary amides is 1. The third-order valence-corrected chi connectivity index (χ3v) is 5.08. The van der Waals surface area contributed by atoms with Crippen molar-refractivity contribution in [1.82, 2.24) is 5.32 Å². The monoisotopic (exact) mass is 344 g/mol. The Hall–Kier alpha value is -2.37. The first-order valence-corrected chi connectivity index (χ1v) is 8.09. The molecule has 2 aromatic carbocycles. The number of hydrogen-bond donors (Lipinski definition) is 2. The molecule has 0 spiro atoms. The van der Waals surface area contributed by atoms with Gasteiger partial charge >= 0.3 is 0 Å². The molecule has 3 rings (SSSR count). The van der Waals surface area contributed by atoms with Crippen molar-refractivity contribution >= 4 is 44.8 Å². The number of nitrogens with two attached hydrogens (primary N) is 1. The summed E-state index contributed by atoms with van der Waals surface area (Å²) in [6.45, 7) is 0.296. The minimum absolute atomic E-state index is 0.235. The second kappa shape index (κ2) is 6.40. The van der Waals surface area contributed by atoms with Crippen LogP contribution in [0.3, 0.4) is 0 Å². The minimum Gasteiger partial charge on any atom is -0.366 e. The third kappa shape index (κ3) is 3.21. The molecule has 0 saturated heterocycles. The Morgan fingerprint density at radius 1 is 1.13 bits per heavy atom. The van der Waals surface area contributed by atoms with Crippen LogP contribution in [-0.4, -0.2) is 11.8 Å². The highest BCUT2D eigenvalue weighted by Gasteiger charge is 2.16. The van der Waals surface area contributed by atoms with Crippen molar-refractivity contribution in [3.63, 3.8) is 0 Å². The molecule has 0 aliphatic carbocycles. The van der Waals surface area contributed by atoms with E-state index < -0.39 is 5.91 Å². The maximum Gasteiger partial charge on any atom is 0.263 e. The van der Waals surface area contributed by atoms with E-state index >= 15 is 0 Å². The van der Waals surface area contributed by atoms with Gasteiger partial charge in [0.05, 0.1) is 5.02 Å². The predicted octanol–water partition coefficient (Wildman–Crippen LogP) is 3.58. The summed E-state index contributed by atoms with van der Waals surface area (Å²) in [7, 11) is 0. The van der Waals surface area contributed by atoms with Crippen LogP contribution >= 0.6 is 22.9 Å². The largest absolute Gasteiger partial charge is 0.366 e. The number of nitrogens with one attached hydrogen (secondary N) is 1. The average molecular weight is 345 g/mol. The molecule has 3 N–H and O–H groups in total. The summed E-state index contributed by atoms with van der Waals surface area (Å²) in [4.78, 5) is 24.0. The van der Waals surface area contributed by atoms with Crippen molar-refractivity contribution in [3.8, 4) is 0 Å². The van der Waals surface area contributed by atoms with Gasteiger partial charge in [-0.05, 0) is 23.8 Å². The highest BCUT2D eigenvalue weighted by molar-refractivity contribution is 7.21. The quantitative estimate of drug-likeness (QED) is 0.759. The van der Waals surface area contributed by atoms with Gasteiger partial charge in [0, 0.05) is 22.2 Å². The van der Waals surface area contributed by atoms with Crippen LogP contribution in [0.2, 0.25) is 5.02 Å². The van der Waals surface area contributed by atoms with E-state index in [4.69, 9.17) is 17.3 Å². The lowest BCUT2D eigenvalue weighted by molar-refractivity contribution is 0.0954. The fourth-order valence-electron chi connectivity index (χ4n) is 2.26. The van der Waals surface area contributed by atoms with Crippen LogP contribution in [0.1, 0.15) is 25.6 Å². The zero-order valence-corrected chi connectivity index (χ0v) is 13.6. The molecule has 0 unspecified atom stereocenters. The fourth-order valence-corrected chi connectivity index (χ4v) is 3.69. The molecule has 3 aromatic rings. The summed E-state index contributed by atoms with van der Waals surface area (Å²) >= 11 is 7.65. The lowest BCUT2D eigenvalue weighted by Gasteiger charge is -2.05. The van der Waals surface area contributed by atoms with E-state index in [1.54, 1.807) is 18.2 Å². The van der Waals surface area contributed by atoms with Crippen molar-refractivity contribution in [2.75, 3.05) is 0 Å². The smallest absolute Gasteiger partial charge is 0.263 e. The standard InChI is InChI=1S/C17H13ClN2O2S/c18-14-12-6-1-2-7-13(12)23-15(14)17(22)20-9-10-4-3-5-11(8-10)16(19)21/h1-8H,9H2,(H2,19,21)(H,20,22). The number of amides is 2. The van der Waals surface area contributed by atoms with Crippen molar-refractivity contribution in [2.24, 2.45) is 5.73 Å². The van der Waals surface area contributed by atoms with Crippen molar-refractivity contribution < 1.29 is 9.59 Å². The van der Waals surface area contributed by atoms with Gasteiger partial charge in [0.15, 0.2) is 0 Å². The number of fused-ring (bicyclic) bond motifs is 1. The average Bonchev–Trinajstić information content (AvgIpc) is 2.90. The Balaban J connectivity index is 1.77. The number of benzene rings is 2. The van der Waals surface area contributed by atoms with E-state index in [9.17, 15) is 9.59 Å². The Morgan fingerprint density at radius 3 is 2.65 bits per heavy atom. The summed E-state index contributed by atoms with van der Waals surface area (Å²) in [6, 6.07) is 14.5. The lowest BCUT2D eigenvalue weighted by atomic mass is 10.1. The van der Waals surface area contributed by atoms with Crippen LogP contribution in [0.4, 0.5) is 0 Å². The molecule has 0 bridgehead atoms. The van der Waals surface area contributed by atoms with Gasteiger partial charge in [-0.25, -0.2) is 0 Å². The number of carbonyl (C=O) groups is 2. The second-order valence-corrected chi connectivity index (χ2v) is 6.42. The predicted molar refractivity (Wildman–Crippen MR) is 93.0 cm³/mol. The fraction of sp³-hybridized carbons (Fsp3) is 0.0588. The molecular formula is C17H13ClN2O2S. The van der Waals surface area contributed by atoms with Crippen molar-refractivity contribution in [1.29, 1.82) is 0 Å². The molecular weight excluding hydrogens is 332 g/mol. The van der Waals surface area contributed by atoms with E-state index in [-0.39, 0.29) is 5.91 Å². The van der Waals surface area contributed by atoms with Gasteiger partial charge < -0.3 is 11.1 Å². The van der Waals surface area contributed by atoms with Gasteiger partial charge in [0.1, 0.15) is 4.88 Å². The molecule has 2 amide bonds. The van der Waals surface area contributed by atoms with Gasteiger partial charge in [-0.1, -0.05) is 41.9 Å². The first kappa shape index (κ1) is 15.5. The minimum atomic E-state index is -0.495. The summed E-state index contributed by atoms with van der Waals surface area (Å²) < 4.78 is 0.971. The van der Waals surface area contributed by atoms with E-state index in [0.29, 0.717) is 22.0 Å². The zero-order valence-electron chi connectivity index (χ0n) is 12.0. The Labute approximate surface area is 141 Å². The zero-order chi connectivity index (χ0) is 16.4. The number of carbonyl (C=O) groups excluding carboxylic acids is 2. The van der Waals surface area contributed by atoms with Crippen LogP contribution in [0.25, 0.3) is 10.1 Å². The SMILES string of the molecule is NC(=O)c1cccc(CNC(=O)c2sc3ccccc3c2Cl)c1. The van der Waals surface area contributed by atoms with Crippen LogP contribution in [0.5, 0.6) is 0 Å². The Bertz CT molecular complexity index is 904. The van der Waals surface area contributed by atoms with Gasteiger partial charge in [-0.3, -0.25) is 9.59 Å². The number of hydrogen-bond acceptors (Lipinski definition) is 3. The van der Waals surface area contributed by atoms with Gasteiger partial charge in [-0.2, -0.15) is 0 Å². The number of halogens is 1. The Morgan fingerprint density at radius 2 is 1.91 bits per heavy atom. The molecule has 0 saturated carbocycles. The van der Waals surface area contributed by atoms with Crippen molar-refractivity contribution in [2.45, 2.75) is 6.54 Å². The molecule has 116 valence electrons. The summed E-state index contributed by atoms with van der Waals surface area (Å²) in [6.07, 6.45) is 0. The van der Waals surface area contributed by atoms with Gasteiger partial charge in [0.25, 0.3) is 5.91 Å². The van der Waals surface area contributed by atoms with Crippen LogP contribution in [0.15, 0.2) is 48.5 Å². The maximum atomic E-state index is 12.4. The first-order valence-electron chi connectivity index (χ1n) is 6.90. The van der Waals surface area contributed by atoms with E-state index in [1.165, 1.54) is 11.3 Å². The molecule has 6 heteroatoms. The molecule has 1 heterocycles. The molecule has 0 radical (unpaired) electrons. The topological polar surface area (TPSA) is 72.2 Å². The lowest BCUT2D eigenvalue weighted by Crippen LogP contribution is -2.22. The molecule has 1 aromatic heterocycles. The van der Waals surface area contributed by atoms with Gasteiger partial charge in [-0.15, -0.1) is 11.3 Å². The number of thiophene rings is 1. The molecule has 0 atom stereocenters. The van der Waals surface area contributed by atoms with E-state index in [0.717, 1.165) is 15.6 Å². The first-order chi connectivity index (χ1) is 11.1. The molecule has 4 nitrogen and oxygen atoms in total. The number of rotatable bonds is 4. The second-order valence-electron chi connectivity index (χ2n) is 4.99. The van der Waals surface area contributed by atoms with E-state index in [2.05, 4.69) is 5.32 Å².